The molecule has 33 heavy (non-hydrogen) atoms. The Hall–Kier alpha value is -3.81. The Bertz CT molecular complexity index is 1310. The second kappa shape index (κ2) is 9.36. The van der Waals surface area contributed by atoms with Crippen LogP contribution in [0.15, 0.2) is 42.7 Å². The van der Waals surface area contributed by atoms with Crippen LogP contribution in [0.5, 0.6) is 5.75 Å². The predicted molar refractivity (Wildman–Crippen MR) is 126 cm³/mol. The molecular weight excluding hydrogens is 421 g/mol. The molecule has 0 amide bonds. The summed E-state index contributed by atoms with van der Waals surface area (Å²) in [5, 5.41) is 8.79. The summed E-state index contributed by atoms with van der Waals surface area (Å²) in [7, 11) is 3.32. The zero-order valence-corrected chi connectivity index (χ0v) is 19.1. The lowest BCUT2D eigenvalue weighted by Crippen LogP contribution is -2.04. The van der Waals surface area contributed by atoms with Crippen LogP contribution in [0.1, 0.15) is 40.5 Å². The van der Waals surface area contributed by atoms with Crippen LogP contribution >= 0.6 is 0 Å². The molecule has 1 N–H and O–H groups in total. The van der Waals surface area contributed by atoms with Crippen LogP contribution < -0.4 is 10.1 Å². The fraction of sp³-hybridized carbons (Fsp3) is 0.280. The van der Waals surface area contributed by atoms with Gasteiger partial charge in [-0.1, -0.05) is 6.92 Å². The van der Waals surface area contributed by atoms with E-state index in [1.807, 2.05) is 36.9 Å². The van der Waals surface area contributed by atoms with Crippen LogP contribution in [0, 0.1) is 12.7 Å². The molecule has 7 nitrogen and oxygen atoms in total. The summed E-state index contributed by atoms with van der Waals surface area (Å²) >= 11 is 0. The molecule has 0 bridgehead atoms. The number of hydrogen-bond acceptors (Lipinski definition) is 6. The Labute approximate surface area is 191 Å². The van der Waals surface area contributed by atoms with Gasteiger partial charge >= 0.3 is 0 Å². The summed E-state index contributed by atoms with van der Waals surface area (Å²) < 4.78 is 21.6. The van der Waals surface area contributed by atoms with Crippen molar-refractivity contribution in [3.8, 4) is 5.75 Å². The van der Waals surface area contributed by atoms with E-state index in [2.05, 4.69) is 20.4 Å². The molecule has 2 aromatic heterocycles. The standard InChI is InChI=1S/C25H26FN5O2/c1-5-22(32)18-10-17(24(26)23(11-18)33-4)7-6-16-13-27-25(28-14-16)29-19-8-9-20-15(2)31(3)30-21(20)12-19/h8-14H,5-7H2,1-4H3,(H,27,28,29). The normalized spacial score (nSPS) is 11.1. The molecule has 4 aromatic rings. The van der Waals surface area contributed by atoms with E-state index in [1.165, 1.54) is 13.2 Å². The molecule has 8 heteroatoms. The number of ketones is 1. The van der Waals surface area contributed by atoms with Gasteiger partial charge in [0.15, 0.2) is 17.3 Å². The van der Waals surface area contributed by atoms with Crippen LogP contribution in [-0.4, -0.2) is 32.6 Å². The van der Waals surface area contributed by atoms with Gasteiger partial charge in [-0.25, -0.2) is 14.4 Å². The average Bonchev–Trinajstić information content (AvgIpc) is 3.11. The second-order valence-corrected chi connectivity index (χ2v) is 7.91. The number of nitrogens with one attached hydrogen (secondary N) is 1. The van der Waals surface area contributed by atoms with E-state index in [9.17, 15) is 9.18 Å². The fourth-order valence-corrected chi connectivity index (χ4v) is 3.72. The molecule has 2 aromatic carbocycles. The molecule has 0 saturated heterocycles. The van der Waals surface area contributed by atoms with Crippen molar-refractivity contribution in [2.45, 2.75) is 33.1 Å². The van der Waals surface area contributed by atoms with Crippen molar-refractivity contribution in [2.24, 2.45) is 7.05 Å². The van der Waals surface area contributed by atoms with Crippen molar-refractivity contribution in [3.05, 3.63) is 70.9 Å². The van der Waals surface area contributed by atoms with Crippen LogP contribution in [0.2, 0.25) is 0 Å². The van der Waals surface area contributed by atoms with Crippen molar-refractivity contribution >= 4 is 28.3 Å². The van der Waals surface area contributed by atoms with Gasteiger partial charge in [0.25, 0.3) is 0 Å². The molecular formula is C25H26FN5O2. The molecule has 0 radical (unpaired) electrons. The second-order valence-electron chi connectivity index (χ2n) is 7.91. The minimum Gasteiger partial charge on any atom is -0.494 e. The van der Waals surface area contributed by atoms with Crippen molar-refractivity contribution in [1.82, 2.24) is 19.7 Å². The number of aromatic nitrogens is 4. The van der Waals surface area contributed by atoms with Gasteiger partial charge in [0.2, 0.25) is 5.95 Å². The number of aryl methyl sites for hydroxylation is 4. The first-order chi connectivity index (χ1) is 15.9. The lowest BCUT2D eigenvalue weighted by Gasteiger charge is -2.11. The minimum atomic E-state index is -0.440. The maximum atomic E-state index is 14.7. The first-order valence-electron chi connectivity index (χ1n) is 10.8. The summed E-state index contributed by atoms with van der Waals surface area (Å²) in [5.74, 6) is 0.0613. The van der Waals surface area contributed by atoms with Gasteiger partial charge in [-0.15, -0.1) is 0 Å². The molecule has 0 atom stereocenters. The van der Waals surface area contributed by atoms with Gasteiger partial charge in [-0.2, -0.15) is 5.10 Å². The van der Waals surface area contributed by atoms with Crippen LogP contribution in [0.25, 0.3) is 10.9 Å². The van der Waals surface area contributed by atoms with Gasteiger partial charge in [0, 0.05) is 48.2 Å². The number of methoxy groups -OCH3 is 1. The van der Waals surface area contributed by atoms with E-state index in [0.29, 0.717) is 36.3 Å². The maximum Gasteiger partial charge on any atom is 0.227 e. The first-order valence-corrected chi connectivity index (χ1v) is 10.8. The summed E-state index contributed by atoms with van der Waals surface area (Å²) in [5.41, 5.74) is 4.62. The van der Waals surface area contributed by atoms with Crippen molar-refractivity contribution in [2.75, 3.05) is 12.4 Å². The predicted octanol–water partition coefficient (Wildman–Crippen LogP) is 4.94. The Balaban J connectivity index is 1.45. The van der Waals surface area contributed by atoms with Gasteiger partial charge in [0.1, 0.15) is 0 Å². The highest BCUT2D eigenvalue weighted by molar-refractivity contribution is 5.96. The van der Waals surface area contributed by atoms with E-state index >= 15 is 0 Å². The number of benzene rings is 2. The van der Waals surface area contributed by atoms with E-state index in [0.717, 1.165) is 27.8 Å². The van der Waals surface area contributed by atoms with Crippen LogP contribution in [0.4, 0.5) is 16.0 Å². The third-order valence-electron chi connectivity index (χ3n) is 5.75. The number of hydrogen-bond donors (Lipinski definition) is 1. The van der Waals surface area contributed by atoms with Gasteiger partial charge in [-0.05, 0) is 61.2 Å². The number of carbonyl (C=O) groups is 1. The summed E-state index contributed by atoms with van der Waals surface area (Å²) in [6.45, 7) is 3.81. The van der Waals surface area contributed by atoms with Crippen molar-refractivity contribution in [3.63, 3.8) is 0 Å². The summed E-state index contributed by atoms with van der Waals surface area (Å²) in [6, 6.07) is 9.01. The Morgan fingerprint density at radius 1 is 1.15 bits per heavy atom. The molecule has 0 aliphatic carbocycles. The molecule has 0 spiro atoms. The molecule has 0 aliphatic heterocycles. The molecule has 4 rings (SSSR count). The molecule has 0 aliphatic rings. The number of anilines is 2. The molecule has 0 fully saturated rings. The van der Waals surface area contributed by atoms with Crippen molar-refractivity contribution < 1.29 is 13.9 Å². The molecule has 170 valence electrons. The fourth-order valence-electron chi connectivity index (χ4n) is 3.72. The minimum absolute atomic E-state index is 0.0487. The van der Waals surface area contributed by atoms with Crippen LogP contribution in [0.3, 0.4) is 0 Å². The number of halogens is 1. The number of carbonyl (C=O) groups excluding carboxylic acids is 1. The first kappa shape index (κ1) is 22.4. The Morgan fingerprint density at radius 2 is 1.91 bits per heavy atom. The Morgan fingerprint density at radius 3 is 2.61 bits per heavy atom. The third kappa shape index (κ3) is 4.69. The van der Waals surface area contributed by atoms with E-state index < -0.39 is 5.82 Å². The highest BCUT2D eigenvalue weighted by Crippen LogP contribution is 2.26. The maximum absolute atomic E-state index is 14.7. The molecule has 0 saturated carbocycles. The van der Waals surface area contributed by atoms with Gasteiger partial charge in [0.05, 0.1) is 12.6 Å². The summed E-state index contributed by atoms with van der Waals surface area (Å²) in [4.78, 5) is 20.9. The van der Waals surface area contributed by atoms with E-state index in [4.69, 9.17) is 4.74 Å². The Kier molecular flexibility index (Phi) is 6.35. The van der Waals surface area contributed by atoms with E-state index in [-0.39, 0.29) is 11.5 Å². The summed E-state index contributed by atoms with van der Waals surface area (Å²) in [6.07, 6.45) is 4.72. The average molecular weight is 448 g/mol. The van der Waals surface area contributed by atoms with E-state index in [1.54, 1.807) is 25.4 Å². The number of fused-ring (bicyclic) bond motifs is 1. The zero-order chi connectivity index (χ0) is 23.5. The van der Waals surface area contributed by atoms with Crippen molar-refractivity contribution in [1.29, 1.82) is 0 Å². The highest BCUT2D eigenvalue weighted by atomic mass is 19.1. The smallest absolute Gasteiger partial charge is 0.227 e. The molecule has 0 unspecified atom stereocenters. The molecule has 2 heterocycles. The van der Waals surface area contributed by atoms with Crippen LogP contribution in [-0.2, 0) is 19.9 Å². The largest absolute Gasteiger partial charge is 0.494 e. The number of nitrogens with zero attached hydrogens (tertiary/aromatic N) is 4. The SMILES string of the molecule is CCC(=O)c1cc(CCc2cnc(Nc3ccc4c(C)n(C)nc4c3)nc2)c(F)c(OC)c1. The number of rotatable bonds is 8. The lowest BCUT2D eigenvalue weighted by atomic mass is 10.00. The quantitative estimate of drug-likeness (QED) is 0.385. The third-order valence-corrected chi connectivity index (χ3v) is 5.75. The topological polar surface area (TPSA) is 81.9 Å². The lowest BCUT2D eigenvalue weighted by molar-refractivity contribution is 0.0987. The monoisotopic (exact) mass is 447 g/mol. The number of Topliss-reactive ketones (excluding diaryl/α,β-unsaturated/α-hetero) is 1. The number of ether oxygens (including phenoxy) is 1. The zero-order valence-electron chi connectivity index (χ0n) is 19.1. The van der Waals surface area contributed by atoms with Gasteiger partial charge in [-0.3, -0.25) is 9.48 Å². The highest BCUT2D eigenvalue weighted by Gasteiger charge is 2.15. The van der Waals surface area contributed by atoms with Gasteiger partial charge < -0.3 is 10.1 Å².